The lowest BCUT2D eigenvalue weighted by atomic mass is 9.93. The third-order valence-corrected chi connectivity index (χ3v) is 11.2. The summed E-state index contributed by atoms with van der Waals surface area (Å²) in [6.45, 7) is 0. The number of anilines is 3. The highest BCUT2D eigenvalue weighted by atomic mass is 32.1. The Hall–Kier alpha value is -6.22. The van der Waals surface area contributed by atoms with Crippen LogP contribution in [0.3, 0.4) is 0 Å². The van der Waals surface area contributed by atoms with Crippen molar-refractivity contribution >= 4 is 102 Å². The van der Waals surface area contributed by atoms with Crippen LogP contribution in [0.5, 0.6) is 0 Å². The van der Waals surface area contributed by atoms with E-state index in [1.54, 1.807) is 0 Å². The fraction of sp³-hybridized carbons (Fsp3) is 0. The minimum absolute atomic E-state index is 1.12. The number of hydrogen-bond donors (Lipinski definition) is 0. The summed E-state index contributed by atoms with van der Waals surface area (Å²) in [5.41, 5.74) is 3.36. The number of hydrogen-bond acceptors (Lipinski definition) is 2. The Morgan fingerprint density at radius 3 is 1.18 bits per heavy atom. The van der Waals surface area contributed by atoms with Gasteiger partial charge in [0.15, 0.2) is 0 Å². The Morgan fingerprint density at radius 2 is 0.640 bits per heavy atom. The van der Waals surface area contributed by atoms with E-state index in [9.17, 15) is 0 Å². The Bertz CT molecular complexity index is 2940. The monoisotopic (exact) mass is 653 g/mol. The molecular formula is C48H31NS. The van der Waals surface area contributed by atoms with E-state index in [1.807, 2.05) is 11.3 Å². The van der Waals surface area contributed by atoms with Gasteiger partial charge >= 0.3 is 0 Å². The van der Waals surface area contributed by atoms with Gasteiger partial charge in [-0.1, -0.05) is 133 Å². The molecule has 0 saturated carbocycles. The Morgan fingerprint density at radius 1 is 0.240 bits per heavy atom. The molecule has 50 heavy (non-hydrogen) atoms. The van der Waals surface area contributed by atoms with Gasteiger partial charge in [0.2, 0.25) is 0 Å². The van der Waals surface area contributed by atoms with Gasteiger partial charge in [-0.25, -0.2) is 0 Å². The predicted molar refractivity (Wildman–Crippen MR) is 219 cm³/mol. The topological polar surface area (TPSA) is 3.24 Å². The second-order valence-electron chi connectivity index (χ2n) is 12.9. The molecule has 0 bridgehead atoms. The zero-order valence-electron chi connectivity index (χ0n) is 27.3. The molecule has 0 aliphatic carbocycles. The van der Waals surface area contributed by atoms with Crippen LogP contribution in [0.4, 0.5) is 17.1 Å². The van der Waals surface area contributed by atoms with E-state index in [2.05, 4.69) is 193 Å². The summed E-state index contributed by atoms with van der Waals surface area (Å²) < 4.78 is 2.61. The van der Waals surface area contributed by atoms with Gasteiger partial charge in [-0.2, -0.15) is 0 Å². The molecule has 0 atom stereocenters. The van der Waals surface area contributed by atoms with E-state index in [1.165, 1.54) is 74.0 Å². The lowest BCUT2D eigenvalue weighted by molar-refractivity contribution is 1.29. The third kappa shape index (κ3) is 4.61. The Balaban J connectivity index is 1.48. The molecule has 0 fully saturated rings. The van der Waals surface area contributed by atoms with Crippen molar-refractivity contribution in [3.8, 4) is 0 Å². The summed E-state index contributed by atoms with van der Waals surface area (Å²) in [5.74, 6) is 0. The minimum Gasteiger partial charge on any atom is -0.310 e. The van der Waals surface area contributed by atoms with Crippen LogP contribution >= 0.6 is 11.3 Å². The number of thiophene rings is 1. The smallest absolute Gasteiger partial charge is 0.0468 e. The standard InChI is InChI=1S/C48H31NS/c1-3-15-32(16-4-1)49(33-17-5-2-6-18-33)34-27-28-41-39-23-10-9-21-37(39)35-19-7-8-20-36(35)38-22-11-12-24-40(38)44-30-46-42-25-13-14-26-47(42)50-48(46)31-45(44)43(41)29-34/h1-31H. The van der Waals surface area contributed by atoms with E-state index in [0.717, 1.165) is 17.1 Å². The van der Waals surface area contributed by atoms with Gasteiger partial charge in [-0.3, -0.25) is 0 Å². The van der Waals surface area contributed by atoms with Crippen molar-refractivity contribution in [1.29, 1.82) is 0 Å². The van der Waals surface area contributed by atoms with Crippen molar-refractivity contribution in [2.75, 3.05) is 4.90 Å². The SMILES string of the molecule is c1ccc(N(c2ccccc2)c2ccc3c4ccccc4c4ccccc4c4ccccc4c4cc5c(cc4c3c2)sc2ccccc25)cc1. The van der Waals surface area contributed by atoms with E-state index in [0.29, 0.717) is 0 Å². The molecule has 0 aliphatic rings. The molecule has 10 rings (SSSR count). The summed E-state index contributed by atoms with van der Waals surface area (Å²) in [6, 6.07) is 69.0. The predicted octanol–water partition coefficient (Wildman–Crippen LogP) is 14.4. The van der Waals surface area contributed by atoms with Crippen molar-refractivity contribution < 1.29 is 0 Å². The van der Waals surface area contributed by atoms with Gasteiger partial charge in [0.05, 0.1) is 0 Å². The van der Waals surface area contributed by atoms with Gasteiger partial charge in [-0.15, -0.1) is 11.3 Å². The van der Waals surface area contributed by atoms with E-state index in [4.69, 9.17) is 0 Å². The van der Waals surface area contributed by atoms with Gasteiger partial charge in [0.1, 0.15) is 0 Å². The molecule has 0 saturated heterocycles. The van der Waals surface area contributed by atoms with Crippen LogP contribution in [0, 0.1) is 0 Å². The normalized spacial score (nSPS) is 11.6. The first kappa shape index (κ1) is 28.8. The van der Waals surface area contributed by atoms with E-state index >= 15 is 0 Å². The lowest BCUT2D eigenvalue weighted by Gasteiger charge is -2.26. The van der Waals surface area contributed by atoms with Crippen LogP contribution in [-0.2, 0) is 0 Å². The van der Waals surface area contributed by atoms with Crippen molar-refractivity contribution in [2.24, 2.45) is 0 Å². The van der Waals surface area contributed by atoms with Gasteiger partial charge in [0, 0.05) is 37.2 Å². The van der Waals surface area contributed by atoms with Crippen molar-refractivity contribution in [1.82, 2.24) is 0 Å². The Labute approximate surface area is 294 Å². The molecule has 1 nitrogen and oxygen atoms in total. The molecule has 234 valence electrons. The molecule has 10 aromatic rings. The highest BCUT2D eigenvalue weighted by Crippen LogP contribution is 2.43. The zero-order chi connectivity index (χ0) is 33.0. The molecule has 0 unspecified atom stereocenters. The quantitative estimate of drug-likeness (QED) is 0.183. The van der Waals surface area contributed by atoms with Crippen LogP contribution in [0.15, 0.2) is 188 Å². The first-order chi connectivity index (χ1) is 24.8. The van der Waals surface area contributed by atoms with Crippen LogP contribution in [-0.4, -0.2) is 0 Å². The summed E-state index contributed by atoms with van der Waals surface area (Å²) in [7, 11) is 0. The molecule has 0 aliphatic heterocycles. The average molecular weight is 654 g/mol. The van der Waals surface area contributed by atoms with Crippen LogP contribution in [0.1, 0.15) is 0 Å². The zero-order valence-corrected chi connectivity index (χ0v) is 28.1. The van der Waals surface area contributed by atoms with E-state index in [-0.39, 0.29) is 0 Å². The van der Waals surface area contributed by atoms with Gasteiger partial charge in [-0.05, 0) is 108 Å². The maximum absolute atomic E-state index is 2.46. The largest absolute Gasteiger partial charge is 0.310 e. The molecule has 1 heterocycles. The van der Waals surface area contributed by atoms with Crippen LogP contribution < -0.4 is 4.90 Å². The second-order valence-corrected chi connectivity index (χ2v) is 13.9. The minimum atomic E-state index is 1.12. The first-order valence-corrected chi connectivity index (χ1v) is 17.9. The summed E-state index contributed by atoms with van der Waals surface area (Å²) in [5, 5.41) is 15.0. The number of para-hydroxylation sites is 2. The summed E-state index contributed by atoms with van der Waals surface area (Å²) in [4.78, 5) is 2.37. The number of rotatable bonds is 3. The maximum atomic E-state index is 2.46. The van der Waals surface area contributed by atoms with E-state index < -0.39 is 0 Å². The molecule has 9 aromatic carbocycles. The first-order valence-electron chi connectivity index (χ1n) is 17.1. The second kappa shape index (κ2) is 11.7. The Kier molecular flexibility index (Phi) is 6.75. The summed E-state index contributed by atoms with van der Waals surface area (Å²) in [6.07, 6.45) is 0. The number of fused-ring (bicyclic) bond motifs is 13. The van der Waals surface area contributed by atoms with Gasteiger partial charge in [0.25, 0.3) is 0 Å². The molecule has 0 radical (unpaired) electrons. The molecule has 1 aromatic heterocycles. The highest BCUT2D eigenvalue weighted by Gasteiger charge is 2.16. The van der Waals surface area contributed by atoms with Crippen molar-refractivity contribution in [2.45, 2.75) is 0 Å². The molecule has 0 N–H and O–H groups in total. The lowest BCUT2D eigenvalue weighted by Crippen LogP contribution is -2.09. The summed E-state index contributed by atoms with van der Waals surface area (Å²) >= 11 is 1.88. The third-order valence-electron chi connectivity index (χ3n) is 10.0. The average Bonchev–Trinajstić information content (AvgIpc) is 3.56. The molecule has 2 heteroatoms. The van der Waals surface area contributed by atoms with Crippen LogP contribution in [0.2, 0.25) is 0 Å². The van der Waals surface area contributed by atoms with Crippen molar-refractivity contribution in [3.63, 3.8) is 0 Å². The highest BCUT2D eigenvalue weighted by molar-refractivity contribution is 7.25. The number of nitrogens with zero attached hydrogens (tertiary/aromatic N) is 1. The number of benzene rings is 8. The molecule has 0 amide bonds. The van der Waals surface area contributed by atoms with Crippen molar-refractivity contribution in [3.05, 3.63) is 188 Å². The maximum Gasteiger partial charge on any atom is 0.0468 e. The molecule has 0 spiro atoms. The fourth-order valence-electron chi connectivity index (χ4n) is 7.81. The fourth-order valence-corrected chi connectivity index (χ4v) is 8.93. The van der Waals surface area contributed by atoms with Crippen LogP contribution in [0.25, 0.3) is 74.0 Å². The van der Waals surface area contributed by atoms with Gasteiger partial charge < -0.3 is 4.90 Å². The molecular weight excluding hydrogens is 623 g/mol.